The zero-order valence-electron chi connectivity index (χ0n) is 12.4. The lowest BCUT2D eigenvalue weighted by atomic mass is 9.73. The minimum absolute atomic E-state index is 0.0120. The number of para-hydroxylation sites is 1. The van der Waals surface area contributed by atoms with Crippen LogP contribution >= 0.6 is 0 Å². The van der Waals surface area contributed by atoms with Crippen LogP contribution in [0.5, 0.6) is 5.75 Å². The third-order valence-electron chi connectivity index (χ3n) is 4.87. The molecule has 4 nitrogen and oxygen atoms in total. The van der Waals surface area contributed by atoms with Crippen LogP contribution < -0.4 is 15.4 Å². The first-order valence-electron chi connectivity index (χ1n) is 7.54. The van der Waals surface area contributed by atoms with Crippen LogP contribution in [0.4, 0.5) is 5.69 Å². The number of carbonyl (C=O) groups excluding carboxylic acids is 1. The number of nitrogens with one attached hydrogen (secondary N) is 2. The first-order chi connectivity index (χ1) is 10.8. The Morgan fingerprint density at radius 2 is 1.91 bits per heavy atom. The Kier molecular flexibility index (Phi) is 2.94. The monoisotopic (exact) mass is 294 g/mol. The first-order valence-corrected chi connectivity index (χ1v) is 7.54. The number of methoxy groups -OCH3 is 1. The highest BCUT2D eigenvalue weighted by Crippen LogP contribution is 2.50. The number of ether oxygens (including phenoxy) is 1. The van der Waals surface area contributed by atoms with Crippen LogP contribution in [0.25, 0.3) is 0 Å². The van der Waals surface area contributed by atoms with Gasteiger partial charge < -0.3 is 15.4 Å². The molecule has 4 heteroatoms. The zero-order chi connectivity index (χ0) is 15.2. The average Bonchev–Trinajstić information content (AvgIpc) is 3.12. The molecule has 4 rings (SSSR count). The Labute approximate surface area is 129 Å². The van der Waals surface area contributed by atoms with Crippen molar-refractivity contribution in [3.63, 3.8) is 0 Å². The molecule has 2 aliphatic rings. The summed E-state index contributed by atoms with van der Waals surface area (Å²) in [6.07, 6.45) is 0.812. The second-order valence-corrected chi connectivity index (χ2v) is 5.88. The summed E-state index contributed by atoms with van der Waals surface area (Å²) in [7, 11) is 1.66. The molecule has 2 aromatic carbocycles. The summed E-state index contributed by atoms with van der Waals surface area (Å²) >= 11 is 0. The van der Waals surface area contributed by atoms with Crippen LogP contribution in [0, 0.1) is 0 Å². The highest BCUT2D eigenvalue weighted by molar-refractivity contribution is 6.07. The van der Waals surface area contributed by atoms with Gasteiger partial charge in [0.2, 0.25) is 5.91 Å². The molecular weight excluding hydrogens is 276 g/mol. The minimum atomic E-state index is -0.509. The predicted molar refractivity (Wildman–Crippen MR) is 85.1 cm³/mol. The molecule has 0 bridgehead atoms. The van der Waals surface area contributed by atoms with Gasteiger partial charge in [-0.05, 0) is 42.3 Å². The van der Waals surface area contributed by atoms with Crippen molar-refractivity contribution in [3.05, 3.63) is 59.7 Å². The van der Waals surface area contributed by atoms with E-state index in [1.54, 1.807) is 7.11 Å². The summed E-state index contributed by atoms with van der Waals surface area (Å²) in [6.45, 7) is 0.832. The first kappa shape index (κ1) is 13.3. The molecule has 1 spiro atoms. The highest BCUT2D eigenvalue weighted by Gasteiger charge is 2.55. The van der Waals surface area contributed by atoms with Crippen molar-refractivity contribution in [3.8, 4) is 5.75 Å². The van der Waals surface area contributed by atoms with Crippen LogP contribution in [0.1, 0.15) is 23.6 Å². The van der Waals surface area contributed by atoms with Gasteiger partial charge in [0, 0.05) is 5.69 Å². The van der Waals surface area contributed by atoms with Crippen molar-refractivity contribution in [2.75, 3.05) is 19.0 Å². The molecule has 0 radical (unpaired) electrons. The number of fused-ring (bicyclic) bond motifs is 2. The molecule has 2 N–H and O–H groups in total. The van der Waals surface area contributed by atoms with Crippen molar-refractivity contribution in [1.29, 1.82) is 0 Å². The quantitative estimate of drug-likeness (QED) is 0.895. The normalized spacial score (nSPS) is 26.0. The van der Waals surface area contributed by atoms with Crippen LogP contribution in [-0.4, -0.2) is 19.6 Å². The lowest BCUT2D eigenvalue weighted by Gasteiger charge is -2.29. The van der Waals surface area contributed by atoms with E-state index >= 15 is 0 Å². The van der Waals surface area contributed by atoms with E-state index < -0.39 is 5.41 Å². The Morgan fingerprint density at radius 1 is 1.14 bits per heavy atom. The molecule has 0 saturated carbocycles. The van der Waals surface area contributed by atoms with Gasteiger partial charge in [-0.15, -0.1) is 0 Å². The van der Waals surface area contributed by atoms with E-state index in [2.05, 4.69) is 16.7 Å². The van der Waals surface area contributed by atoms with Crippen molar-refractivity contribution in [2.45, 2.75) is 17.9 Å². The molecule has 1 saturated heterocycles. The Hall–Kier alpha value is -2.33. The Bertz CT molecular complexity index is 726. The summed E-state index contributed by atoms with van der Waals surface area (Å²) in [6, 6.07) is 16.0. The standard InChI is InChI=1S/C18H18N2O2/c1-22-13-8-6-12(7-9-13)16-18(10-11-19-16)14-4-2-3-5-15(14)20-17(18)21/h2-9,16,19H,10-11H2,1H3,(H,20,21)/t16-,18-/m1/s1. The fourth-order valence-electron chi connectivity index (χ4n) is 3.80. The minimum Gasteiger partial charge on any atom is -0.497 e. The van der Waals surface area contributed by atoms with Crippen LogP contribution in [0.2, 0.25) is 0 Å². The van der Waals surface area contributed by atoms with E-state index in [9.17, 15) is 4.79 Å². The van der Waals surface area contributed by atoms with Crippen LogP contribution in [0.3, 0.4) is 0 Å². The second-order valence-electron chi connectivity index (χ2n) is 5.88. The van der Waals surface area contributed by atoms with E-state index in [4.69, 9.17) is 4.74 Å². The fraction of sp³-hybridized carbons (Fsp3) is 0.278. The van der Waals surface area contributed by atoms with E-state index in [1.807, 2.05) is 42.5 Å². The molecule has 1 amide bonds. The van der Waals surface area contributed by atoms with Gasteiger partial charge >= 0.3 is 0 Å². The molecule has 2 heterocycles. The molecular formula is C18H18N2O2. The summed E-state index contributed by atoms with van der Waals surface area (Å²) in [5.74, 6) is 0.923. The van der Waals surface area contributed by atoms with Gasteiger partial charge in [0.25, 0.3) is 0 Å². The number of benzene rings is 2. The third-order valence-corrected chi connectivity index (χ3v) is 4.87. The fourth-order valence-corrected chi connectivity index (χ4v) is 3.80. The largest absolute Gasteiger partial charge is 0.497 e. The van der Waals surface area contributed by atoms with E-state index in [0.717, 1.165) is 35.5 Å². The van der Waals surface area contributed by atoms with Gasteiger partial charge in [-0.1, -0.05) is 30.3 Å². The maximum Gasteiger partial charge on any atom is 0.237 e. The summed E-state index contributed by atoms with van der Waals surface area (Å²) in [4.78, 5) is 12.8. The third kappa shape index (κ3) is 1.70. The van der Waals surface area contributed by atoms with Crippen molar-refractivity contribution in [1.82, 2.24) is 5.32 Å². The number of anilines is 1. The second kappa shape index (κ2) is 4.85. The lowest BCUT2D eigenvalue weighted by molar-refractivity contribution is -0.121. The maximum atomic E-state index is 12.8. The maximum absolute atomic E-state index is 12.8. The predicted octanol–water partition coefficient (Wildman–Crippen LogP) is 2.62. The van der Waals surface area contributed by atoms with Gasteiger partial charge in [-0.2, -0.15) is 0 Å². The van der Waals surface area contributed by atoms with Crippen LogP contribution in [-0.2, 0) is 10.2 Å². The molecule has 112 valence electrons. The number of amides is 1. The highest BCUT2D eigenvalue weighted by atomic mass is 16.5. The van der Waals surface area contributed by atoms with Gasteiger partial charge in [0.1, 0.15) is 5.75 Å². The van der Waals surface area contributed by atoms with E-state index in [1.165, 1.54) is 0 Å². The summed E-state index contributed by atoms with van der Waals surface area (Å²) < 4.78 is 5.23. The number of rotatable bonds is 2. The number of hydrogen-bond donors (Lipinski definition) is 2. The lowest BCUT2D eigenvalue weighted by Crippen LogP contribution is -2.39. The van der Waals surface area contributed by atoms with Crippen molar-refractivity contribution in [2.24, 2.45) is 0 Å². The van der Waals surface area contributed by atoms with Gasteiger partial charge in [-0.3, -0.25) is 4.79 Å². The SMILES string of the molecule is COc1ccc([C@H]2NCC[C@]23C(=O)Nc2ccccc23)cc1. The van der Waals surface area contributed by atoms with Crippen molar-refractivity contribution >= 4 is 11.6 Å². The molecule has 2 aliphatic heterocycles. The van der Waals surface area contributed by atoms with Crippen LogP contribution in [0.15, 0.2) is 48.5 Å². The molecule has 2 aromatic rings. The smallest absolute Gasteiger partial charge is 0.237 e. The van der Waals surface area contributed by atoms with Gasteiger partial charge in [-0.25, -0.2) is 0 Å². The Morgan fingerprint density at radius 3 is 2.68 bits per heavy atom. The van der Waals surface area contributed by atoms with Crippen molar-refractivity contribution < 1.29 is 9.53 Å². The van der Waals surface area contributed by atoms with Gasteiger partial charge in [0.05, 0.1) is 18.6 Å². The Balaban J connectivity index is 1.81. The van der Waals surface area contributed by atoms with Gasteiger partial charge in [0.15, 0.2) is 0 Å². The average molecular weight is 294 g/mol. The number of carbonyl (C=O) groups is 1. The van der Waals surface area contributed by atoms with E-state index in [0.29, 0.717) is 0 Å². The summed E-state index contributed by atoms with van der Waals surface area (Å²) in [5.41, 5.74) is 2.65. The molecule has 0 unspecified atom stereocenters. The zero-order valence-corrected chi connectivity index (χ0v) is 12.4. The summed E-state index contributed by atoms with van der Waals surface area (Å²) in [5, 5.41) is 6.56. The molecule has 2 atom stereocenters. The molecule has 1 fully saturated rings. The molecule has 0 aliphatic carbocycles. The molecule has 0 aromatic heterocycles. The number of hydrogen-bond acceptors (Lipinski definition) is 3. The van der Waals surface area contributed by atoms with E-state index in [-0.39, 0.29) is 11.9 Å². The topological polar surface area (TPSA) is 50.4 Å². The molecule has 22 heavy (non-hydrogen) atoms.